The molecule has 0 aromatic carbocycles. The Labute approximate surface area is 61.6 Å². The largest absolute Gasteiger partial charge is 0.484 e. The van der Waals surface area contributed by atoms with Crippen LogP contribution in [0.25, 0.3) is 0 Å². The van der Waals surface area contributed by atoms with Crippen LogP contribution < -0.4 is 0 Å². The minimum Gasteiger partial charge on any atom is -0.484 e. The summed E-state index contributed by atoms with van der Waals surface area (Å²) < 4.78 is 4.99. The fraction of sp³-hybridized carbons (Fsp3) is 0.625. The van der Waals surface area contributed by atoms with Gasteiger partial charge in [0.1, 0.15) is 0 Å². The van der Waals surface area contributed by atoms with Gasteiger partial charge < -0.3 is 4.74 Å². The summed E-state index contributed by atoms with van der Waals surface area (Å²) in [5, 5.41) is 0. The monoisotopic (exact) mass is 139 g/mol. The molecule has 1 aliphatic heterocycles. The molecule has 0 aliphatic carbocycles. The second-order valence-electron chi connectivity index (χ2n) is 2.37. The topological polar surface area (TPSA) is 21.6 Å². The van der Waals surface area contributed by atoms with Gasteiger partial charge >= 0.3 is 0 Å². The van der Waals surface area contributed by atoms with Crippen molar-refractivity contribution in [3.63, 3.8) is 0 Å². The van der Waals surface area contributed by atoms with Crippen LogP contribution in [0.5, 0.6) is 0 Å². The van der Waals surface area contributed by atoms with Crippen molar-refractivity contribution >= 4 is 5.90 Å². The molecule has 0 amide bonds. The fourth-order valence-electron chi connectivity index (χ4n) is 0.983. The van der Waals surface area contributed by atoms with Crippen LogP contribution in [0.3, 0.4) is 0 Å². The van der Waals surface area contributed by atoms with Crippen LogP contribution in [-0.2, 0) is 4.74 Å². The molecular formula is C8H13NO. The van der Waals surface area contributed by atoms with Gasteiger partial charge in [0.05, 0.1) is 7.11 Å². The number of rotatable bonds is 1. The van der Waals surface area contributed by atoms with E-state index in [2.05, 4.69) is 11.9 Å². The third-order valence-corrected chi connectivity index (χ3v) is 1.74. The molecule has 0 saturated carbocycles. The van der Waals surface area contributed by atoms with Crippen molar-refractivity contribution in [2.45, 2.75) is 26.2 Å². The highest BCUT2D eigenvalue weighted by Crippen LogP contribution is 2.15. The number of allylic oxidation sites excluding steroid dienone is 1. The van der Waals surface area contributed by atoms with Crippen LogP contribution in [0.1, 0.15) is 26.2 Å². The molecule has 10 heavy (non-hydrogen) atoms. The second kappa shape index (κ2) is 3.40. The zero-order chi connectivity index (χ0) is 7.40. The molecular weight excluding hydrogens is 126 g/mol. The highest BCUT2D eigenvalue weighted by molar-refractivity contribution is 5.77. The van der Waals surface area contributed by atoms with Crippen molar-refractivity contribution in [1.82, 2.24) is 0 Å². The summed E-state index contributed by atoms with van der Waals surface area (Å²) in [5.41, 5.74) is 1.42. The first kappa shape index (κ1) is 7.32. The summed E-state index contributed by atoms with van der Waals surface area (Å²) in [6.07, 6.45) is 5.11. The van der Waals surface area contributed by atoms with E-state index in [0.717, 1.165) is 25.2 Å². The van der Waals surface area contributed by atoms with E-state index in [0.29, 0.717) is 0 Å². The second-order valence-corrected chi connectivity index (χ2v) is 2.37. The maximum absolute atomic E-state index is 4.99. The molecule has 2 nitrogen and oxygen atoms in total. The smallest absolute Gasteiger partial charge is 0.187 e. The summed E-state index contributed by atoms with van der Waals surface area (Å²) in [6.45, 7) is 2.15. The van der Waals surface area contributed by atoms with Crippen molar-refractivity contribution < 1.29 is 4.74 Å². The van der Waals surface area contributed by atoms with E-state index in [1.54, 1.807) is 7.11 Å². The molecule has 0 saturated heterocycles. The molecule has 0 aromatic rings. The van der Waals surface area contributed by atoms with Gasteiger partial charge in [0.25, 0.3) is 0 Å². The highest BCUT2D eigenvalue weighted by Gasteiger charge is 2.04. The third-order valence-electron chi connectivity index (χ3n) is 1.74. The highest BCUT2D eigenvalue weighted by atomic mass is 16.5. The average Bonchev–Trinajstić information content (AvgIpc) is 2.05. The van der Waals surface area contributed by atoms with E-state index < -0.39 is 0 Å². The Balaban J connectivity index is 2.55. The molecule has 1 aliphatic rings. The maximum atomic E-state index is 4.99. The molecule has 0 spiro atoms. The molecule has 0 fully saturated rings. The first-order chi connectivity index (χ1) is 4.86. The summed E-state index contributed by atoms with van der Waals surface area (Å²) in [7, 11) is 1.67. The van der Waals surface area contributed by atoms with Gasteiger partial charge in [0.15, 0.2) is 5.90 Å². The minimum absolute atomic E-state index is 0.859. The molecule has 2 heteroatoms. The van der Waals surface area contributed by atoms with Gasteiger partial charge in [-0.2, -0.15) is 0 Å². The van der Waals surface area contributed by atoms with Crippen LogP contribution >= 0.6 is 0 Å². The van der Waals surface area contributed by atoms with Crippen LogP contribution in [0.2, 0.25) is 0 Å². The Morgan fingerprint density at radius 2 is 2.40 bits per heavy atom. The van der Waals surface area contributed by atoms with E-state index >= 15 is 0 Å². The average molecular weight is 139 g/mol. The number of nitrogens with zero attached hydrogens (tertiary/aromatic N) is 1. The first-order valence-corrected chi connectivity index (χ1v) is 3.65. The minimum atomic E-state index is 0.859. The van der Waals surface area contributed by atoms with Crippen molar-refractivity contribution in [3.05, 3.63) is 11.8 Å². The lowest BCUT2D eigenvalue weighted by Crippen LogP contribution is -2.04. The molecule has 1 heterocycles. The van der Waals surface area contributed by atoms with Crippen LogP contribution in [0, 0.1) is 0 Å². The van der Waals surface area contributed by atoms with E-state index in [9.17, 15) is 0 Å². The van der Waals surface area contributed by atoms with Gasteiger partial charge in [-0.1, -0.05) is 12.5 Å². The lowest BCUT2D eigenvalue weighted by molar-refractivity contribution is 0.388. The van der Waals surface area contributed by atoms with Crippen LogP contribution in [0.4, 0.5) is 0 Å². The number of hydrogen-bond donors (Lipinski definition) is 0. The SMILES string of the molecule is CCC1=CN=C(OC)CC1. The van der Waals surface area contributed by atoms with E-state index in [4.69, 9.17) is 4.74 Å². The Morgan fingerprint density at radius 1 is 1.60 bits per heavy atom. The number of aliphatic imine (C=N–C) groups is 1. The Kier molecular flexibility index (Phi) is 2.49. The van der Waals surface area contributed by atoms with Crippen molar-refractivity contribution in [3.8, 4) is 0 Å². The number of methoxy groups -OCH3 is 1. The van der Waals surface area contributed by atoms with Gasteiger partial charge in [-0.05, 0) is 12.8 Å². The Bertz CT molecular complexity index is 150. The van der Waals surface area contributed by atoms with Crippen LogP contribution in [0.15, 0.2) is 16.8 Å². The molecule has 0 N–H and O–H groups in total. The Morgan fingerprint density at radius 3 is 2.80 bits per heavy atom. The van der Waals surface area contributed by atoms with Crippen molar-refractivity contribution in [2.24, 2.45) is 4.99 Å². The lowest BCUT2D eigenvalue weighted by atomic mass is 10.1. The van der Waals surface area contributed by atoms with Crippen molar-refractivity contribution in [1.29, 1.82) is 0 Å². The Hall–Kier alpha value is -0.790. The molecule has 56 valence electrons. The maximum Gasteiger partial charge on any atom is 0.187 e. The van der Waals surface area contributed by atoms with Gasteiger partial charge in [0.2, 0.25) is 0 Å². The lowest BCUT2D eigenvalue weighted by Gasteiger charge is -2.10. The predicted octanol–water partition coefficient (Wildman–Crippen LogP) is 2.12. The van der Waals surface area contributed by atoms with Gasteiger partial charge in [-0.25, -0.2) is 4.99 Å². The van der Waals surface area contributed by atoms with Crippen molar-refractivity contribution in [2.75, 3.05) is 7.11 Å². The third kappa shape index (κ3) is 1.59. The van der Waals surface area contributed by atoms with Gasteiger partial charge in [-0.3, -0.25) is 0 Å². The number of ether oxygens (including phenoxy) is 1. The molecule has 1 rings (SSSR count). The molecule has 0 radical (unpaired) electrons. The molecule has 0 aromatic heterocycles. The first-order valence-electron chi connectivity index (χ1n) is 3.65. The summed E-state index contributed by atoms with van der Waals surface area (Å²) in [5.74, 6) is 0.859. The quantitative estimate of drug-likeness (QED) is 0.545. The molecule has 0 unspecified atom stereocenters. The fourth-order valence-corrected chi connectivity index (χ4v) is 0.983. The normalized spacial score (nSPS) is 17.8. The molecule has 0 atom stereocenters. The summed E-state index contributed by atoms with van der Waals surface area (Å²) in [6, 6.07) is 0. The van der Waals surface area contributed by atoms with Gasteiger partial charge in [0, 0.05) is 12.6 Å². The predicted molar refractivity (Wildman–Crippen MR) is 42.1 cm³/mol. The zero-order valence-corrected chi connectivity index (χ0v) is 6.55. The van der Waals surface area contributed by atoms with E-state index in [1.807, 2.05) is 6.20 Å². The zero-order valence-electron chi connectivity index (χ0n) is 6.55. The standard InChI is InChI=1S/C8H13NO/c1-3-7-4-5-8(10-2)9-6-7/h6H,3-5H2,1-2H3. The van der Waals surface area contributed by atoms with E-state index in [-0.39, 0.29) is 0 Å². The summed E-state index contributed by atoms with van der Waals surface area (Å²) >= 11 is 0. The summed E-state index contributed by atoms with van der Waals surface area (Å²) in [4.78, 5) is 4.13. The van der Waals surface area contributed by atoms with Crippen LogP contribution in [-0.4, -0.2) is 13.0 Å². The molecule has 0 bridgehead atoms. The van der Waals surface area contributed by atoms with Gasteiger partial charge in [-0.15, -0.1) is 0 Å². The van der Waals surface area contributed by atoms with E-state index in [1.165, 1.54) is 5.57 Å². The number of hydrogen-bond acceptors (Lipinski definition) is 2.